The second-order valence-corrected chi connectivity index (χ2v) is 4.29. The van der Waals surface area contributed by atoms with Crippen molar-refractivity contribution in [3.05, 3.63) is 59.4 Å². The van der Waals surface area contributed by atoms with Gasteiger partial charge in [0.2, 0.25) is 0 Å². The Hall–Kier alpha value is -2.16. The summed E-state index contributed by atoms with van der Waals surface area (Å²) in [6.45, 7) is 4.37. The summed E-state index contributed by atoms with van der Waals surface area (Å²) >= 11 is 0. The fraction of sp³-hybridized carbons (Fsp3) is 0.200. The van der Waals surface area contributed by atoms with Gasteiger partial charge >= 0.3 is 0 Å². The monoisotopic (exact) mass is 240 g/mol. The molecule has 0 saturated heterocycles. The molecule has 0 aliphatic heterocycles. The van der Waals surface area contributed by atoms with E-state index in [-0.39, 0.29) is 5.78 Å². The fourth-order valence-electron chi connectivity index (χ4n) is 1.70. The number of hydrogen-bond acceptors (Lipinski definition) is 3. The molecule has 0 spiro atoms. The lowest BCUT2D eigenvalue weighted by Gasteiger charge is -2.08. The van der Waals surface area contributed by atoms with Gasteiger partial charge in [0.05, 0.1) is 0 Å². The van der Waals surface area contributed by atoms with Gasteiger partial charge in [-0.05, 0) is 55.3 Å². The highest BCUT2D eigenvalue weighted by Crippen LogP contribution is 2.12. The number of aromatic nitrogens is 1. The van der Waals surface area contributed by atoms with Crippen molar-refractivity contribution < 1.29 is 4.79 Å². The molecule has 0 bridgehead atoms. The predicted octanol–water partition coefficient (Wildman–Crippen LogP) is 3.20. The van der Waals surface area contributed by atoms with Crippen molar-refractivity contribution in [3.8, 4) is 0 Å². The van der Waals surface area contributed by atoms with Gasteiger partial charge in [0.15, 0.2) is 5.78 Å². The third-order valence-corrected chi connectivity index (χ3v) is 2.92. The average molecular weight is 240 g/mol. The van der Waals surface area contributed by atoms with Crippen LogP contribution in [0.2, 0.25) is 0 Å². The second kappa shape index (κ2) is 5.45. The summed E-state index contributed by atoms with van der Waals surface area (Å²) in [5, 5.41) is 3.32. The normalized spacial score (nSPS) is 10.1. The molecular formula is C15H16N2O. The van der Waals surface area contributed by atoms with Crippen LogP contribution in [0.5, 0.6) is 0 Å². The molecule has 3 heteroatoms. The molecule has 3 nitrogen and oxygen atoms in total. The van der Waals surface area contributed by atoms with Crippen LogP contribution in [0.25, 0.3) is 0 Å². The Morgan fingerprint density at radius 3 is 2.56 bits per heavy atom. The summed E-state index contributed by atoms with van der Waals surface area (Å²) in [6, 6.07) is 9.50. The Morgan fingerprint density at radius 2 is 1.94 bits per heavy atom. The van der Waals surface area contributed by atoms with Crippen LogP contribution in [0.1, 0.15) is 28.4 Å². The van der Waals surface area contributed by atoms with Gasteiger partial charge in [0.1, 0.15) is 0 Å². The van der Waals surface area contributed by atoms with E-state index >= 15 is 0 Å². The minimum atomic E-state index is 0.0876. The number of ketones is 1. The molecule has 2 aromatic rings. The molecular weight excluding hydrogens is 224 g/mol. The first-order valence-electron chi connectivity index (χ1n) is 5.91. The summed E-state index contributed by atoms with van der Waals surface area (Å²) in [5.74, 6) is 0.0876. The highest BCUT2D eigenvalue weighted by molar-refractivity contribution is 5.94. The first kappa shape index (κ1) is 12.3. The Labute approximate surface area is 107 Å². The number of aryl methyl sites for hydroxylation is 1. The van der Waals surface area contributed by atoms with Gasteiger partial charge < -0.3 is 5.32 Å². The van der Waals surface area contributed by atoms with E-state index in [9.17, 15) is 4.79 Å². The Bertz CT molecular complexity index is 547. The van der Waals surface area contributed by atoms with Crippen molar-refractivity contribution in [1.29, 1.82) is 0 Å². The van der Waals surface area contributed by atoms with Gasteiger partial charge in [0.25, 0.3) is 0 Å². The molecule has 1 N–H and O–H groups in total. The molecule has 0 atom stereocenters. The number of nitrogens with one attached hydrogen (secondary N) is 1. The number of hydrogen-bond donors (Lipinski definition) is 1. The van der Waals surface area contributed by atoms with Crippen molar-refractivity contribution in [2.24, 2.45) is 0 Å². The number of rotatable bonds is 4. The molecule has 0 radical (unpaired) electrons. The highest BCUT2D eigenvalue weighted by atomic mass is 16.1. The molecule has 0 saturated carbocycles. The standard InChI is InChI=1S/C15H16N2O/c1-11-7-8-16-9-14(11)10-17-15-5-3-13(4-6-15)12(2)18/h3-9,17H,10H2,1-2H3. The van der Waals surface area contributed by atoms with Crippen LogP contribution in [0, 0.1) is 6.92 Å². The van der Waals surface area contributed by atoms with Crippen LogP contribution < -0.4 is 5.32 Å². The lowest BCUT2D eigenvalue weighted by atomic mass is 10.1. The van der Waals surface area contributed by atoms with Gasteiger partial charge in [-0.3, -0.25) is 9.78 Å². The maximum Gasteiger partial charge on any atom is 0.159 e. The summed E-state index contributed by atoms with van der Waals surface area (Å²) < 4.78 is 0. The van der Waals surface area contributed by atoms with Crippen LogP contribution >= 0.6 is 0 Å². The van der Waals surface area contributed by atoms with E-state index in [1.807, 2.05) is 36.5 Å². The van der Waals surface area contributed by atoms with Gasteiger partial charge in [-0.15, -0.1) is 0 Å². The third kappa shape index (κ3) is 2.94. The molecule has 1 aromatic carbocycles. The van der Waals surface area contributed by atoms with Gasteiger partial charge in [0, 0.05) is 30.2 Å². The topological polar surface area (TPSA) is 42.0 Å². The van der Waals surface area contributed by atoms with Crippen molar-refractivity contribution in [2.45, 2.75) is 20.4 Å². The molecule has 1 aromatic heterocycles. The van der Waals surface area contributed by atoms with E-state index in [2.05, 4.69) is 17.2 Å². The van der Waals surface area contributed by atoms with Gasteiger partial charge in [-0.1, -0.05) is 0 Å². The van der Waals surface area contributed by atoms with E-state index < -0.39 is 0 Å². The number of carbonyl (C=O) groups is 1. The zero-order valence-corrected chi connectivity index (χ0v) is 10.6. The van der Waals surface area contributed by atoms with Crippen LogP contribution in [-0.4, -0.2) is 10.8 Å². The summed E-state index contributed by atoms with van der Waals surface area (Å²) in [6.07, 6.45) is 3.66. The van der Waals surface area contributed by atoms with E-state index in [1.54, 1.807) is 13.1 Å². The van der Waals surface area contributed by atoms with E-state index in [0.29, 0.717) is 0 Å². The van der Waals surface area contributed by atoms with Crippen molar-refractivity contribution in [1.82, 2.24) is 4.98 Å². The van der Waals surface area contributed by atoms with E-state index in [1.165, 1.54) is 11.1 Å². The SMILES string of the molecule is CC(=O)c1ccc(NCc2cnccc2C)cc1. The highest BCUT2D eigenvalue weighted by Gasteiger charge is 2.00. The average Bonchev–Trinajstić information content (AvgIpc) is 2.38. The Morgan fingerprint density at radius 1 is 1.22 bits per heavy atom. The smallest absolute Gasteiger partial charge is 0.159 e. The lowest BCUT2D eigenvalue weighted by molar-refractivity contribution is 0.101. The number of pyridine rings is 1. The maximum atomic E-state index is 11.2. The number of benzene rings is 1. The largest absolute Gasteiger partial charge is 0.381 e. The van der Waals surface area contributed by atoms with Crippen molar-refractivity contribution in [2.75, 3.05) is 5.32 Å². The van der Waals surface area contributed by atoms with Crippen LogP contribution in [0.15, 0.2) is 42.7 Å². The number of Topliss-reactive ketones (excluding diaryl/α,β-unsaturated/α-hetero) is 1. The van der Waals surface area contributed by atoms with Gasteiger partial charge in [-0.25, -0.2) is 0 Å². The molecule has 2 rings (SSSR count). The molecule has 0 fully saturated rings. The Kier molecular flexibility index (Phi) is 3.72. The zero-order chi connectivity index (χ0) is 13.0. The fourth-order valence-corrected chi connectivity index (χ4v) is 1.70. The summed E-state index contributed by atoms with van der Waals surface area (Å²) in [4.78, 5) is 15.3. The first-order valence-corrected chi connectivity index (χ1v) is 5.91. The quantitative estimate of drug-likeness (QED) is 0.834. The molecule has 18 heavy (non-hydrogen) atoms. The van der Waals surface area contributed by atoms with E-state index in [4.69, 9.17) is 0 Å². The molecule has 1 heterocycles. The maximum absolute atomic E-state index is 11.2. The van der Waals surface area contributed by atoms with Crippen LogP contribution in [0.3, 0.4) is 0 Å². The lowest BCUT2D eigenvalue weighted by Crippen LogP contribution is -2.02. The summed E-state index contributed by atoms with van der Waals surface area (Å²) in [5.41, 5.74) is 4.13. The second-order valence-electron chi connectivity index (χ2n) is 4.29. The Balaban J connectivity index is 2.02. The van der Waals surface area contributed by atoms with Crippen LogP contribution in [-0.2, 0) is 6.54 Å². The number of nitrogens with zero attached hydrogens (tertiary/aromatic N) is 1. The number of carbonyl (C=O) groups excluding carboxylic acids is 1. The molecule has 0 amide bonds. The molecule has 0 aliphatic carbocycles. The number of anilines is 1. The molecule has 0 aliphatic rings. The zero-order valence-electron chi connectivity index (χ0n) is 10.6. The third-order valence-electron chi connectivity index (χ3n) is 2.92. The minimum Gasteiger partial charge on any atom is -0.381 e. The van der Waals surface area contributed by atoms with Crippen molar-refractivity contribution >= 4 is 11.5 Å². The van der Waals surface area contributed by atoms with Gasteiger partial charge in [-0.2, -0.15) is 0 Å². The van der Waals surface area contributed by atoms with Crippen LogP contribution in [0.4, 0.5) is 5.69 Å². The van der Waals surface area contributed by atoms with Crippen molar-refractivity contribution in [3.63, 3.8) is 0 Å². The summed E-state index contributed by atoms with van der Waals surface area (Å²) in [7, 11) is 0. The molecule has 0 unspecified atom stereocenters. The minimum absolute atomic E-state index is 0.0876. The van der Waals surface area contributed by atoms with E-state index in [0.717, 1.165) is 17.8 Å². The molecule has 92 valence electrons. The predicted molar refractivity (Wildman–Crippen MR) is 72.7 cm³/mol. The first-order chi connectivity index (χ1) is 8.66.